The highest BCUT2D eigenvalue weighted by Crippen LogP contribution is 2.34. The SMILES string of the molecule is Cc1cc(-c2cc(-c3ccc(N4CCN(CC5CCN(c6ccc(N7CCC(=O)NC7=O)cc6)CC5)CC4)nc3)cn3nccc23)ccc1[C@@H](C)NC(=O)c1nc(C(C)(C)C)no1. The molecule has 3 aliphatic heterocycles. The standard InChI is InChI=1S/C48H55N11O4/c1-31-26-34(6-12-39(31)32(2)51-44(61)45-53-46(54-63-45)48(3,4)5)40-27-36(30-59-41(40)14-18-50-59)35-7-13-42(49-28-35)57-24-22-55(23-25-57)29-33-15-19-56(20-16-33)37-8-10-38(11-9-37)58-21-17-43(60)52-47(58)62/h6-14,18,26-28,30,32-33H,15-17,19-25,29H2,1-5H3,(H,51,61)(H,52,60,62)/t32-/m1/s1. The van der Waals surface area contributed by atoms with Gasteiger partial charge in [0.25, 0.3) is 0 Å². The monoisotopic (exact) mass is 849 g/mol. The Labute approximate surface area is 367 Å². The molecule has 0 unspecified atom stereocenters. The van der Waals surface area contributed by atoms with Crippen LogP contribution in [0.5, 0.6) is 0 Å². The van der Waals surface area contributed by atoms with Crippen molar-refractivity contribution in [3.8, 4) is 22.3 Å². The van der Waals surface area contributed by atoms with Crippen molar-refractivity contribution in [2.24, 2.45) is 5.92 Å². The van der Waals surface area contributed by atoms with Crippen molar-refractivity contribution in [2.45, 2.75) is 65.3 Å². The fourth-order valence-corrected chi connectivity index (χ4v) is 9.00. The summed E-state index contributed by atoms with van der Waals surface area (Å²) in [6.45, 7) is 17.4. The quantitative estimate of drug-likeness (QED) is 0.146. The highest BCUT2D eigenvalue weighted by molar-refractivity contribution is 6.05. The van der Waals surface area contributed by atoms with E-state index in [-0.39, 0.29) is 29.3 Å². The summed E-state index contributed by atoms with van der Waals surface area (Å²) in [6, 6.07) is 22.3. The van der Waals surface area contributed by atoms with E-state index in [1.807, 2.05) is 62.8 Å². The third-order valence-corrected chi connectivity index (χ3v) is 12.7. The Morgan fingerprint density at radius 1 is 0.873 bits per heavy atom. The molecule has 6 aromatic rings. The topological polar surface area (TPSA) is 157 Å². The number of carbonyl (C=O) groups is 3. The van der Waals surface area contributed by atoms with Crippen molar-refractivity contribution in [1.82, 2.24) is 40.3 Å². The van der Waals surface area contributed by atoms with Gasteiger partial charge in [-0.15, -0.1) is 0 Å². The number of urea groups is 1. The molecule has 0 saturated carbocycles. The number of benzene rings is 2. The second-order valence-corrected chi connectivity index (χ2v) is 18.1. The van der Waals surface area contributed by atoms with E-state index in [4.69, 9.17) is 9.51 Å². The van der Waals surface area contributed by atoms with E-state index in [0.29, 0.717) is 24.7 Å². The summed E-state index contributed by atoms with van der Waals surface area (Å²) in [4.78, 5) is 55.1. The van der Waals surface area contributed by atoms with Crippen LogP contribution in [0, 0.1) is 12.8 Å². The fraction of sp³-hybridized carbons (Fsp3) is 0.396. The zero-order valence-corrected chi connectivity index (χ0v) is 36.7. The number of carbonyl (C=O) groups excluding carboxylic acids is 3. The molecule has 0 bridgehead atoms. The van der Waals surface area contributed by atoms with Crippen molar-refractivity contribution >= 4 is 40.6 Å². The number of hydrogen-bond donors (Lipinski definition) is 2. The molecule has 15 heteroatoms. The maximum absolute atomic E-state index is 13.0. The maximum atomic E-state index is 13.0. The zero-order valence-electron chi connectivity index (χ0n) is 36.7. The van der Waals surface area contributed by atoms with Gasteiger partial charge in [-0.05, 0) is 97.8 Å². The molecule has 7 heterocycles. The molecule has 326 valence electrons. The first-order valence-electron chi connectivity index (χ1n) is 22.0. The van der Waals surface area contributed by atoms with Crippen LogP contribution in [0.4, 0.5) is 22.0 Å². The molecular weight excluding hydrogens is 795 g/mol. The number of nitrogens with zero attached hydrogens (tertiary/aromatic N) is 9. The third-order valence-electron chi connectivity index (χ3n) is 12.7. The lowest BCUT2D eigenvalue weighted by Crippen LogP contribution is -2.49. The van der Waals surface area contributed by atoms with E-state index >= 15 is 0 Å². The van der Waals surface area contributed by atoms with Gasteiger partial charge in [0.15, 0.2) is 5.82 Å². The molecule has 9 rings (SSSR count). The first-order chi connectivity index (χ1) is 30.4. The summed E-state index contributed by atoms with van der Waals surface area (Å²) in [5.41, 5.74) is 8.87. The average molecular weight is 850 g/mol. The van der Waals surface area contributed by atoms with Gasteiger partial charge in [-0.25, -0.2) is 14.3 Å². The van der Waals surface area contributed by atoms with Crippen LogP contribution in [-0.4, -0.2) is 99.8 Å². The van der Waals surface area contributed by atoms with Gasteiger partial charge in [0, 0.05) is 111 Å². The van der Waals surface area contributed by atoms with E-state index in [2.05, 4.69) is 102 Å². The molecule has 0 radical (unpaired) electrons. The maximum Gasteiger partial charge on any atom is 0.328 e. The lowest BCUT2D eigenvalue weighted by atomic mass is 9.95. The van der Waals surface area contributed by atoms with E-state index in [0.717, 1.165) is 109 Å². The van der Waals surface area contributed by atoms with E-state index < -0.39 is 5.91 Å². The number of piperazine rings is 1. The number of amides is 4. The normalized spacial score (nSPS) is 17.3. The van der Waals surface area contributed by atoms with Gasteiger partial charge >= 0.3 is 17.8 Å². The summed E-state index contributed by atoms with van der Waals surface area (Å²) in [7, 11) is 0. The third kappa shape index (κ3) is 9.01. The minimum Gasteiger partial charge on any atom is -0.372 e. The Kier molecular flexibility index (Phi) is 11.4. The van der Waals surface area contributed by atoms with Crippen LogP contribution in [-0.2, 0) is 10.2 Å². The average Bonchev–Trinajstić information content (AvgIpc) is 3.99. The molecule has 3 saturated heterocycles. The number of fused-ring (bicyclic) bond motifs is 1. The minimum atomic E-state index is -0.400. The molecular formula is C48H55N11O4. The highest BCUT2D eigenvalue weighted by atomic mass is 16.5. The number of pyridine rings is 2. The predicted octanol–water partition coefficient (Wildman–Crippen LogP) is 7.03. The Hall–Kier alpha value is -6.61. The van der Waals surface area contributed by atoms with Gasteiger partial charge in [0.1, 0.15) is 5.82 Å². The highest BCUT2D eigenvalue weighted by Gasteiger charge is 2.28. The number of nitrogens with one attached hydrogen (secondary N) is 2. The Balaban J connectivity index is 0.785. The summed E-state index contributed by atoms with van der Waals surface area (Å²) >= 11 is 0. The Morgan fingerprint density at radius 3 is 2.30 bits per heavy atom. The zero-order chi connectivity index (χ0) is 43.8. The number of piperidine rings is 1. The van der Waals surface area contributed by atoms with E-state index in [1.54, 1.807) is 4.90 Å². The number of rotatable bonds is 10. The first-order valence-corrected chi connectivity index (χ1v) is 22.0. The minimum absolute atomic E-state index is 0.0410. The number of aromatic nitrogens is 5. The lowest BCUT2D eigenvalue weighted by Gasteiger charge is -2.39. The van der Waals surface area contributed by atoms with Crippen molar-refractivity contribution in [1.29, 1.82) is 0 Å². The predicted molar refractivity (Wildman–Crippen MR) is 243 cm³/mol. The Morgan fingerprint density at radius 2 is 1.62 bits per heavy atom. The van der Waals surface area contributed by atoms with Gasteiger partial charge in [0.05, 0.1) is 11.6 Å². The van der Waals surface area contributed by atoms with Gasteiger partial charge in [-0.2, -0.15) is 10.1 Å². The summed E-state index contributed by atoms with van der Waals surface area (Å²) in [5, 5.41) is 14.0. The van der Waals surface area contributed by atoms with Gasteiger partial charge in [0.2, 0.25) is 5.91 Å². The Bertz CT molecular complexity index is 2620. The van der Waals surface area contributed by atoms with Crippen LogP contribution in [0.25, 0.3) is 27.8 Å². The molecule has 1 atom stereocenters. The van der Waals surface area contributed by atoms with Crippen LogP contribution in [0.3, 0.4) is 0 Å². The largest absolute Gasteiger partial charge is 0.372 e. The van der Waals surface area contributed by atoms with Gasteiger partial charge in [-0.1, -0.05) is 44.1 Å². The van der Waals surface area contributed by atoms with Gasteiger partial charge in [-0.3, -0.25) is 24.7 Å². The van der Waals surface area contributed by atoms with Crippen molar-refractivity contribution in [2.75, 3.05) is 67.1 Å². The second-order valence-electron chi connectivity index (χ2n) is 18.1. The number of imide groups is 1. The molecule has 3 fully saturated rings. The summed E-state index contributed by atoms with van der Waals surface area (Å²) in [6.07, 6.45) is 8.47. The molecule has 15 nitrogen and oxygen atoms in total. The molecule has 4 aromatic heterocycles. The van der Waals surface area contributed by atoms with Crippen LogP contribution in [0.2, 0.25) is 0 Å². The molecule has 2 aromatic carbocycles. The molecule has 2 N–H and O–H groups in total. The summed E-state index contributed by atoms with van der Waals surface area (Å²) in [5.74, 6) is 1.49. The first kappa shape index (κ1) is 41.7. The van der Waals surface area contributed by atoms with Crippen LogP contribution in [0.15, 0.2) is 89.8 Å². The van der Waals surface area contributed by atoms with E-state index in [9.17, 15) is 14.4 Å². The van der Waals surface area contributed by atoms with Crippen molar-refractivity contribution in [3.63, 3.8) is 0 Å². The lowest BCUT2D eigenvalue weighted by molar-refractivity contribution is -0.120. The van der Waals surface area contributed by atoms with E-state index in [1.165, 1.54) is 5.69 Å². The molecule has 0 aliphatic carbocycles. The van der Waals surface area contributed by atoms with Gasteiger partial charge < -0.3 is 19.6 Å². The van der Waals surface area contributed by atoms with Crippen LogP contribution < -0.4 is 25.3 Å². The van der Waals surface area contributed by atoms with Crippen molar-refractivity contribution in [3.05, 3.63) is 108 Å². The molecule has 63 heavy (non-hydrogen) atoms. The second kappa shape index (κ2) is 17.3. The molecule has 0 spiro atoms. The summed E-state index contributed by atoms with van der Waals surface area (Å²) < 4.78 is 7.19. The smallest absolute Gasteiger partial charge is 0.328 e. The van der Waals surface area contributed by atoms with Crippen LogP contribution >= 0.6 is 0 Å². The molecule has 3 aliphatic rings. The number of aryl methyl sites for hydroxylation is 1. The molecule has 4 amide bonds. The number of hydrogen-bond acceptors (Lipinski definition) is 11. The van der Waals surface area contributed by atoms with Crippen molar-refractivity contribution < 1.29 is 18.9 Å². The fourth-order valence-electron chi connectivity index (χ4n) is 9.00. The van der Waals surface area contributed by atoms with Crippen LogP contribution in [0.1, 0.15) is 80.6 Å². The number of anilines is 3.